The number of hydrogen-bond acceptors (Lipinski definition) is 3. The first-order chi connectivity index (χ1) is 15.9. The molecule has 0 aliphatic heterocycles. The highest BCUT2D eigenvalue weighted by Crippen LogP contribution is 2.24. The smallest absolute Gasteiger partial charge is 0.328 e. The van der Waals surface area contributed by atoms with Crippen LogP contribution in [0.25, 0.3) is 10.9 Å². The fourth-order valence-corrected chi connectivity index (χ4v) is 3.70. The zero-order valence-electron chi connectivity index (χ0n) is 17.8. The number of carbonyl (C=O) groups excluding carboxylic acids is 3. The highest BCUT2D eigenvalue weighted by Gasteiger charge is 2.21. The first kappa shape index (κ1) is 22.3. The predicted octanol–water partition coefficient (Wildman–Crippen LogP) is 4.35. The lowest BCUT2D eigenvalue weighted by Crippen LogP contribution is -2.39. The van der Waals surface area contributed by atoms with Gasteiger partial charge in [0, 0.05) is 22.1 Å². The van der Waals surface area contributed by atoms with Crippen molar-refractivity contribution in [3.8, 4) is 0 Å². The van der Waals surface area contributed by atoms with Gasteiger partial charge in [-0.2, -0.15) is 0 Å². The summed E-state index contributed by atoms with van der Waals surface area (Å²) in [4.78, 5) is 38.1. The molecule has 166 valence electrons. The van der Waals surface area contributed by atoms with Crippen molar-refractivity contribution in [3.63, 3.8) is 0 Å². The molecule has 4 rings (SSSR count). The zero-order chi connectivity index (χ0) is 23.4. The van der Waals surface area contributed by atoms with Gasteiger partial charge in [0.2, 0.25) is 0 Å². The molecule has 0 unspecified atom stereocenters. The van der Waals surface area contributed by atoms with E-state index in [2.05, 4.69) is 32.0 Å². The van der Waals surface area contributed by atoms with Gasteiger partial charge in [-0.1, -0.05) is 64.0 Å². The maximum atomic E-state index is 13.0. The molecule has 3 amide bonds. The van der Waals surface area contributed by atoms with Crippen molar-refractivity contribution in [2.24, 2.45) is 0 Å². The van der Waals surface area contributed by atoms with Gasteiger partial charge in [0.25, 0.3) is 5.91 Å². The molecule has 3 N–H and O–H groups in total. The number of rotatable bonds is 5. The first-order valence-corrected chi connectivity index (χ1v) is 11.0. The highest BCUT2D eigenvalue weighted by atomic mass is 79.9. The van der Waals surface area contributed by atoms with Crippen LogP contribution in [0.2, 0.25) is 0 Å². The van der Waals surface area contributed by atoms with Crippen molar-refractivity contribution in [1.29, 1.82) is 0 Å². The molecule has 0 atom stereocenters. The molecule has 0 saturated heterocycles. The number of nitrogens with zero attached hydrogens (tertiary/aromatic N) is 1. The molecule has 0 bridgehead atoms. The Kier molecular flexibility index (Phi) is 6.55. The van der Waals surface area contributed by atoms with Crippen LogP contribution >= 0.6 is 15.9 Å². The Labute approximate surface area is 198 Å². The molecule has 0 fully saturated rings. The highest BCUT2D eigenvalue weighted by molar-refractivity contribution is 9.10. The van der Waals surface area contributed by atoms with Crippen LogP contribution in [0.5, 0.6) is 0 Å². The van der Waals surface area contributed by atoms with E-state index in [0.717, 1.165) is 21.0 Å². The van der Waals surface area contributed by atoms with Crippen molar-refractivity contribution >= 4 is 50.2 Å². The number of aryl methyl sites for hydroxylation is 1. The van der Waals surface area contributed by atoms with Crippen LogP contribution in [0.3, 0.4) is 0 Å². The SMILES string of the molecule is Cc1ccc(NC(=O)c2cc3cc(Br)ccc3n2NC(=O)C(=O)NCc2ccccc2)cc1. The van der Waals surface area contributed by atoms with Crippen molar-refractivity contribution in [2.45, 2.75) is 13.5 Å². The molecule has 1 aromatic heterocycles. The van der Waals surface area contributed by atoms with Gasteiger partial charge in [-0.25, -0.2) is 4.68 Å². The molecule has 8 heteroatoms. The molecule has 0 spiro atoms. The van der Waals surface area contributed by atoms with Crippen LogP contribution in [0.4, 0.5) is 5.69 Å². The molecule has 33 heavy (non-hydrogen) atoms. The molecular formula is C25H21BrN4O3. The Balaban J connectivity index is 1.57. The lowest BCUT2D eigenvalue weighted by Gasteiger charge is -2.13. The number of fused-ring (bicyclic) bond motifs is 1. The van der Waals surface area contributed by atoms with E-state index in [1.54, 1.807) is 30.3 Å². The summed E-state index contributed by atoms with van der Waals surface area (Å²) in [5.41, 5.74) is 5.88. The predicted molar refractivity (Wildman–Crippen MR) is 131 cm³/mol. The van der Waals surface area contributed by atoms with Gasteiger partial charge >= 0.3 is 11.8 Å². The summed E-state index contributed by atoms with van der Waals surface area (Å²) in [6.45, 7) is 2.17. The molecule has 0 saturated carbocycles. The fourth-order valence-electron chi connectivity index (χ4n) is 3.32. The van der Waals surface area contributed by atoms with E-state index < -0.39 is 17.7 Å². The topological polar surface area (TPSA) is 92.2 Å². The maximum absolute atomic E-state index is 13.0. The summed E-state index contributed by atoms with van der Waals surface area (Å²) in [7, 11) is 0. The van der Waals surface area contributed by atoms with Crippen molar-refractivity contribution in [2.75, 3.05) is 10.7 Å². The minimum atomic E-state index is -0.879. The molecule has 0 aliphatic rings. The summed E-state index contributed by atoms with van der Waals surface area (Å²) in [6, 6.07) is 23.7. The second-order valence-corrected chi connectivity index (χ2v) is 8.41. The summed E-state index contributed by atoms with van der Waals surface area (Å²) < 4.78 is 2.15. The molecule has 0 radical (unpaired) electrons. The normalized spacial score (nSPS) is 10.6. The monoisotopic (exact) mass is 504 g/mol. The van der Waals surface area contributed by atoms with Crippen LogP contribution in [-0.2, 0) is 16.1 Å². The third-order valence-electron chi connectivity index (χ3n) is 5.02. The molecule has 7 nitrogen and oxygen atoms in total. The van der Waals surface area contributed by atoms with Gasteiger partial charge < -0.3 is 10.6 Å². The van der Waals surface area contributed by atoms with E-state index in [1.807, 2.05) is 55.5 Å². The van der Waals surface area contributed by atoms with Crippen molar-refractivity contribution in [3.05, 3.63) is 100 Å². The number of carbonyl (C=O) groups is 3. The summed E-state index contributed by atoms with van der Waals surface area (Å²) >= 11 is 3.42. The molecule has 1 heterocycles. The Morgan fingerprint density at radius 2 is 1.61 bits per heavy atom. The average Bonchev–Trinajstić information content (AvgIpc) is 3.17. The van der Waals surface area contributed by atoms with Crippen molar-refractivity contribution in [1.82, 2.24) is 9.99 Å². The van der Waals surface area contributed by atoms with E-state index in [1.165, 1.54) is 4.68 Å². The Hall–Kier alpha value is -3.91. The van der Waals surface area contributed by atoms with E-state index >= 15 is 0 Å². The van der Waals surface area contributed by atoms with Gasteiger partial charge in [0.05, 0.1) is 5.52 Å². The lowest BCUT2D eigenvalue weighted by atomic mass is 10.2. The maximum Gasteiger partial charge on any atom is 0.328 e. The van der Waals surface area contributed by atoms with Gasteiger partial charge in [-0.3, -0.25) is 19.8 Å². The van der Waals surface area contributed by atoms with Crippen LogP contribution in [0.1, 0.15) is 21.6 Å². The Morgan fingerprint density at radius 3 is 2.33 bits per heavy atom. The number of nitrogens with one attached hydrogen (secondary N) is 3. The quantitative estimate of drug-likeness (QED) is 0.352. The van der Waals surface area contributed by atoms with E-state index in [4.69, 9.17) is 0 Å². The zero-order valence-corrected chi connectivity index (χ0v) is 19.3. The van der Waals surface area contributed by atoms with Gasteiger partial charge in [-0.05, 0) is 48.9 Å². The molecule has 3 aromatic carbocycles. The number of anilines is 1. The second-order valence-electron chi connectivity index (χ2n) is 7.50. The minimum Gasteiger partial charge on any atom is -0.344 e. The van der Waals surface area contributed by atoms with E-state index in [-0.39, 0.29) is 12.2 Å². The van der Waals surface area contributed by atoms with Gasteiger partial charge in [-0.15, -0.1) is 0 Å². The van der Waals surface area contributed by atoms with Crippen molar-refractivity contribution < 1.29 is 14.4 Å². The number of benzene rings is 3. The van der Waals surface area contributed by atoms with Gasteiger partial charge in [0.15, 0.2) is 0 Å². The van der Waals surface area contributed by atoms with Crippen LogP contribution in [0.15, 0.2) is 83.3 Å². The van der Waals surface area contributed by atoms with Crippen LogP contribution in [-0.4, -0.2) is 22.4 Å². The molecule has 4 aromatic rings. The fraction of sp³-hybridized carbons (Fsp3) is 0.0800. The number of aromatic nitrogens is 1. The molecule has 0 aliphatic carbocycles. The number of hydrogen-bond donors (Lipinski definition) is 3. The largest absolute Gasteiger partial charge is 0.344 e. The van der Waals surface area contributed by atoms with Crippen LogP contribution in [0, 0.1) is 6.92 Å². The summed E-state index contributed by atoms with van der Waals surface area (Å²) in [6.07, 6.45) is 0. The van der Waals surface area contributed by atoms with Crippen LogP contribution < -0.4 is 16.1 Å². The van der Waals surface area contributed by atoms with Gasteiger partial charge in [0.1, 0.15) is 5.69 Å². The summed E-state index contributed by atoms with van der Waals surface area (Å²) in [5.74, 6) is -2.10. The lowest BCUT2D eigenvalue weighted by molar-refractivity contribution is -0.136. The first-order valence-electron chi connectivity index (χ1n) is 10.2. The Morgan fingerprint density at radius 1 is 0.879 bits per heavy atom. The standard InChI is InChI=1S/C25H21BrN4O3/c1-16-7-10-20(11-8-16)28-23(31)22-14-18-13-19(26)9-12-21(18)30(22)29-25(33)24(32)27-15-17-5-3-2-4-6-17/h2-14H,15H2,1H3,(H,27,32)(H,28,31)(H,29,33). The third kappa shape index (κ3) is 5.30. The minimum absolute atomic E-state index is 0.188. The molecular weight excluding hydrogens is 484 g/mol. The third-order valence-corrected chi connectivity index (χ3v) is 5.51. The Bertz CT molecular complexity index is 1330. The van der Waals surface area contributed by atoms with E-state index in [9.17, 15) is 14.4 Å². The summed E-state index contributed by atoms with van der Waals surface area (Å²) in [5, 5.41) is 6.14. The number of amides is 3. The average molecular weight is 505 g/mol. The second kappa shape index (κ2) is 9.70. The number of halogens is 1. The van der Waals surface area contributed by atoms with E-state index in [0.29, 0.717) is 11.2 Å².